The van der Waals surface area contributed by atoms with Crippen LogP contribution in [0.2, 0.25) is 5.02 Å². The molecule has 0 spiro atoms. The molecule has 206 valence electrons. The van der Waals surface area contributed by atoms with Crippen molar-refractivity contribution in [3.63, 3.8) is 0 Å². The molecular formula is C27H25ClF4N4O3. The molecule has 3 aromatic carbocycles. The Morgan fingerprint density at radius 2 is 1.72 bits per heavy atom. The first kappa shape index (κ1) is 28.2. The van der Waals surface area contributed by atoms with Gasteiger partial charge >= 0.3 is 6.03 Å². The summed E-state index contributed by atoms with van der Waals surface area (Å²) in [6.45, 7) is 1.41. The predicted molar refractivity (Wildman–Crippen MR) is 138 cm³/mol. The number of nitrogens with two attached hydrogens (primary N) is 1. The summed E-state index contributed by atoms with van der Waals surface area (Å²) in [6, 6.07) is 7.38. The molecule has 0 radical (unpaired) electrons. The van der Waals surface area contributed by atoms with Crippen molar-refractivity contribution in [3.05, 3.63) is 93.0 Å². The number of fused-ring (bicyclic) bond motifs is 1. The van der Waals surface area contributed by atoms with Crippen LogP contribution >= 0.6 is 11.6 Å². The minimum atomic E-state index is -1.13. The van der Waals surface area contributed by atoms with E-state index >= 15 is 4.39 Å². The van der Waals surface area contributed by atoms with Crippen LogP contribution in [-0.2, 0) is 13.1 Å². The number of nitrogens with one attached hydrogen (secondary N) is 1. The number of nitrogens with zero attached hydrogens (tertiary/aromatic N) is 2. The average molecular weight is 565 g/mol. The zero-order valence-electron chi connectivity index (χ0n) is 21.0. The van der Waals surface area contributed by atoms with Crippen LogP contribution in [0.4, 0.5) is 28.0 Å². The molecule has 0 bridgehead atoms. The number of benzene rings is 3. The number of amides is 3. The van der Waals surface area contributed by atoms with Crippen molar-refractivity contribution >= 4 is 29.2 Å². The quantitative estimate of drug-likeness (QED) is 0.364. The molecule has 1 atom stereocenters. The third kappa shape index (κ3) is 5.79. The normalized spacial score (nSPS) is 14.9. The highest BCUT2D eigenvalue weighted by Gasteiger charge is 2.34. The second-order valence-electron chi connectivity index (χ2n) is 8.96. The highest BCUT2D eigenvalue weighted by Crippen LogP contribution is 2.38. The molecule has 12 heteroatoms. The number of anilines is 1. The maximum atomic E-state index is 15.0. The van der Waals surface area contributed by atoms with Gasteiger partial charge < -0.3 is 20.7 Å². The zero-order valence-corrected chi connectivity index (χ0v) is 21.8. The Balaban J connectivity index is 1.63. The first-order valence-electron chi connectivity index (χ1n) is 11.9. The van der Waals surface area contributed by atoms with E-state index in [0.29, 0.717) is 23.4 Å². The Bertz CT molecular complexity index is 1390. The number of carbonyl (C=O) groups is 2. The van der Waals surface area contributed by atoms with E-state index in [-0.39, 0.29) is 47.6 Å². The van der Waals surface area contributed by atoms with Crippen LogP contribution in [0, 0.1) is 23.3 Å². The Morgan fingerprint density at radius 1 is 1.05 bits per heavy atom. The van der Waals surface area contributed by atoms with Crippen molar-refractivity contribution < 1.29 is 31.9 Å². The topological polar surface area (TPSA) is 87.9 Å². The van der Waals surface area contributed by atoms with Gasteiger partial charge in [-0.2, -0.15) is 0 Å². The van der Waals surface area contributed by atoms with Gasteiger partial charge in [-0.3, -0.25) is 9.69 Å². The summed E-state index contributed by atoms with van der Waals surface area (Å²) < 4.78 is 61.5. The van der Waals surface area contributed by atoms with Crippen LogP contribution in [0.5, 0.6) is 5.75 Å². The van der Waals surface area contributed by atoms with Crippen LogP contribution in [0.3, 0.4) is 0 Å². The van der Waals surface area contributed by atoms with Gasteiger partial charge in [0.15, 0.2) is 0 Å². The fourth-order valence-electron chi connectivity index (χ4n) is 4.25. The van der Waals surface area contributed by atoms with Crippen molar-refractivity contribution in [3.8, 4) is 5.75 Å². The molecule has 0 saturated heterocycles. The minimum Gasteiger partial charge on any atom is -0.492 e. The van der Waals surface area contributed by atoms with E-state index in [9.17, 15) is 22.8 Å². The van der Waals surface area contributed by atoms with Crippen LogP contribution in [0.1, 0.15) is 40.0 Å². The Hall–Kier alpha value is -3.83. The SMILES string of the molecule is C[C@H]1c2ccc(C(=O)NCc3c(F)cc(F)cc3F)cc2N(Cc2c(F)cc(OCCN)cc2Cl)C(=O)N1C. The highest BCUT2D eigenvalue weighted by molar-refractivity contribution is 6.31. The maximum Gasteiger partial charge on any atom is 0.325 e. The molecule has 0 aliphatic carbocycles. The number of urea groups is 1. The lowest BCUT2D eigenvalue weighted by molar-refractivity contribution is 0.0950. The second kappa shape index (κ2) is 11.5. The van der Waals surface area contributed by atoms with Gasteiger partial charge in [0.2, 0.25) is 0 Å². The average Bonchev–Trinajstić information content (AvgIpc) is 2.88. The van der Waals surface area contributed by atoms with E-state index in [1.54, 1.807) is 20.0 Å². The van der Waals surface area contributed by atoms with Crippen molar-refractivity contribution in [2.45, 2.75) is 26.1 Å². The van der Waals surface area contributed by atoms with Gasteiger partial charge in [0.1, 0.15) is 35.6 Å². The smallest absolute Gasteiger partial charge is 0.325 e. The van der Waals surface area contributed by atoms with E-state index in [4.69, 9.17) is 22.1 Å². The summed E-state index contributed by atoms with van der Waals surface area (Å²) in [5.41, 5.74) is 6.07. The molecule has 3 aromatic rings. The van der Waals surface area contributed by atoms with E-state index in [0.717, 1.165) is 6.07 Å². The van der Waals surface area contributed by atoms with Crippen LogP contribution in [0.25, 0.3) is 0 Å². The summed E-state index contributed by atoms with van der Waals surface area (Å²) >= 11 is 6.34. The fraction of sp³-hybridized carbons (Fsp3) is 0.259. The molecule has 3 N–H and O–H groups in total. The van der Waals surface area contributed by atoms with Gasteiger partial charge in [-0.15, -0.1) is 0 Å². The molecule has 1 aliphatic heterocycles. The van der Waals surface area contributed by atoms with E-state index in [1.807, 2.05) is 0 Å². The van der Waals surface area contributed by atoms with Crippen molar-refractivity contribution in [1.29, 1.82) is 0 Å². The van der Waals surface area contributed by atoms with E-state index in [2.05, 4.69) is 5.32 Å². The third-order valence-electron chi connectivity index (χ3n) is 6.50. The summed E-state index contributed by atoms with van der Waals surface area (Å²) in [7, 11) is 1.59. The summed E-state index contributed by atoms with van der Waals surface area (Å²) in [6.07, 6.45) is 0. The van der Waals surface area contributed by atoms with Gasteiger partial charge in [-0.25, -0.2) is 22.4 Å². The molecule has 39 heavy (non-hydrogen) atoms. The Kier molecular flexibility index (Phi) is 8.31. The Labute approximate surface area is 227 Å². The van der Waals surface area contributed by atoms with Gasteiger partial charge in [-0.05, 0) is 30.7 Å². The highest BCUT2D eigenvalue weighted by atomic mass is 35.5. The monoisotopic (exact) mass is 564 g/mol. The lowest BCUT2D eigenvalue weighted by Gasteiger charge is -2.40. The number of rotatable bonds is 8. The second-order valence-corrected chi connectivity index (χ2v) is 9.37. The predicted octanol–water partition coefficient (Wildman–Crippen LogP) is 5.30. The number of halogens is 5. The molecule has 0 aromatic heterocycles. The summed E-state index contributed by atoms with van der Waals surface area (Å²) in [4.78, 5) is 28.9. The van der Waals surface area contributed by atoms with Crippen molar-refractivity contribution in [1.82, 2.24) is 10.2 Å². The molecule has 4 rings (SSSR count). The van der Waals surface area contributed by atoms with Crippen LogP contribution in [0.15, 0.2) is 42.5 Å². The molecular weight excluding hydrogens is 540 g/mol. The first-order valence-corrected chi connectivity index (χ1v) is 12.3. The molecule has 0 fully saturated rings. The maximum absolute atomic E-state index is 15.0. The number of hydrogen-bond donors (Lipinski definition) is 2. The number of carbonyl (C=O) groups excluding carboxylic acids is 2. The van der Waals surface area contributed by atoms with Gasteiger partial charge in [-0.1, -0.05) is 17.7 Å². The summed E-state index contributed by atoms with van der Waals surface area (Å²) in [5.74, 6) is -4.54. The molecule has 1 heterocycles. The molecule has 0 saturated carbocycles. The largest absolute Gasteiger partial charge is 0.492 e. The van der Waals surface area contributed by atoms with Crippen LogP contribution < -0.4 is 20.7 Å². The third-order valence-corrected chi connectivity index (χ3v) is 6.83. The molecule has 3 amide bonds. The summed E-state index contributed by atoms with van der Waals surface area (Å²) in [5, 5.41) is 2.44. The van der Waals surface area contributed by atoms with Crippen molar-refractivity contribution in [2.24, 2.45) is 5.73 Å². The van der Waals surface area contributed by atoms with E-state index < -0.39 is 47.3 Å². The lowest BCUT2D eigenvalue weighted by Crippen LogP contribution is -2.46. The zero-order chi connectivity index (χ0) is 28.4. The lowest BCUT2D eigenvalue weighted by atomic mass is 9.98. The first-order chi connectivity index (χ1) is 18.5. The standard InChI is InChI=1S/C27H25ClF4N4O3/c1-14-18-4-3-15(26(37)34-12-19-22(30)8-16(29)9-23(19)31)7-25(18)36(27(38)35(14)2)13-20-21(28)10-17(11-24(20)32)39-6-5-33/h3-4,7-11,14H,5-6,12-13,33H2,1-2H3,(H,34,37)/t14-/m0/s1. The number of ether oxygens (including phenoxy) is 1. The Morgan fingerprint density at radius 3 is 2.36 bits per heavy atom. The van der Waals surface area contributed by atoms with E-state index in [1.165, 1.54) is 28.0 Å². The molecule has 7 nitrogen and oxygen atoms in total. The molecule has 1 aliphatic rings. The molecule has 0 unspecified atom stereocenters. The van der Waals surface area contributed by atoms with Gasteiger partial charge in [0, 0.05) is 55.0 Å². The van der Waals surface area contributed by atoms with Gasteiger partial charge in [0.05, 0.1) is 23.3 Å². The van der Waals surface area contributed by atoms with Crippen molar-refractivity contribution in [2.75, 3.05) is 25.1 Å². The number of hydrogen-bond acceptors (Lipinski definition) is 4. The van der Waals surface area contributed by atoms with Gasteiger partial charge in [0.25, 0.3) is 5.91 Å². The van der Waals surface area contributed by atoms with Crippen LogP contribution in [-0.4, -0.2) is 37.0 Å². The minimum absolute atomic E-state index is 0.0369. The fourth-order valence-corrected chi connectivity index (χ4v) is 4.51.